The number of nitrogens with zero attached hydrogens (tertiary/aromatic N) is 2. The molecular weight excluding hydrogens is 259 g/mol. The Balaban J connectivity index is 2.30. The molecule has 1 aromatic heterocycles. The first-order chi connectivity index (χ1) is 8.58. The Bertz CT molecular complexity index is 576. The molecule has 0 spiro atoms. The molecule has 0 saturated heterocycles. The number of benzene rings is 1. The monoisotopic (exact) mass is 268 g/mol. The number of nitrogens with one attached hydrogen (secondary N) is 2. The molecule has 8 heteroatoms. The molecule has 94 valence electrons. The van der Waals surface area contributed by atoms with Gasteiger partial charge in [-0.3, -0.25) is 0 Å². The first kappa shape index (κ1) is 12.3. The lowest BCUT2D eigenvalue weighted by Gasteiger charge is -2.09. The van der Waals surface area contributed by atoms with E-state index in [0.29, 0.717) is 17.3 Å². The molecule has 0 aliphatic carbocycles. The fourth-order valence-electron chi connectivity index (χ4n) is 1.33. The summed E-state index contributed by atoms with van der Waals surface area (Å²) in [4.78, 5) is 7.78. The van der Waals surface area contributed by atoms with Crippen LogP contribution < -0.4 is 22.3 Å². The van der Waals surface area contributed by atoms with Crippen LogP contribution in [0.15, 0.2) is 24.3 Å². The van der Waals surface area contributed by atoms with Crippen LogP contribution in [0, 0.1) is 5.82 Å². The molecule has 0 fully saturated rings. The van der Waals surface area contributed by atoms with Crippen LogP contribution in [0.4, 0.5) is 27.7 Å². The van der Waals surface area contributed by atoms with Crippen molar-refractivity contribution in [1.82, 2.24) is 9.97 Å². The van der Waals surface area contributed by atoms with E-state index in [-0.39, 0.29) is 11.0 Å². The van der Waals surface area contributed by atoms with E-state index < -0.39 is 5.82 Å². The SMILES string of the molecule is NNc1cc(Nc2ccc(F)cc2Cl)nc(N)n1. The van der Waals surface area contributed by atoms with E-state index in [1.54, 1.807) is 0 Å². The van der Waals surface area contributed by atoms with Gasteiger partial charge in [0.25, 0.3) is 0 Å². The van der Waals surface area contributed by atoms with Gasteiger partial charge < -0.3 is 16.5 Å². The van der Waals surface area contributed by atoms with E-state index in [1.807, 2.05) is 0 Å². The second-order valence-corrected chi connectivity index (χ2v) is 3.80. The summed E-state index contributed by atoms with van der Waals surface area (Å²) in [5, 5.41) is 3.12. The lowest BCUT2D eigenvalue weighted by Crippen LogP contribution is -2.11. The van der Waals surface area contributed by atoms with Gasteiger partial charge in [-0.1, -0.05) is 11.6 Å². The first-order valence-electron chi connectivity index (χ1n) is 4.92. The van der Waals surface area contributed by atoms with Crippen molar-refractivity contribution in [3.05, 3.63) is 35.1 Å². The fraction of sp³-hybridized carbons (Fsp3) is 0. The average molecular weight is 269 g/mol. The van der Waals surface area contributed by atoms with Crippen molar-refractivity contribution in [2.75, 3.05) is 16.5 Å². The van der Waals surface area contributed by atoms with Crippen molar-refractivity contribution >= 4 is 34.9 Å². The van der Waals surface area contributed by atoms with Gasteiger partial charge >= 0.3 is 0 Å². The first-order valence-corrected chi connectivity index (χ1v) is 5.29. The molecule has 18 heavy (non-hydrogen) atoms. The van der Waals surface area contributed by atoms with Crippen LogP contribution in [0.3, 0.4) is 0 Å². The number of rotatable bonds is 3. The number of hydrogen-bond donors (Lipinski definition) is 4. The molecule has 0 saturated carbocycles. The summed E-state index contributed by atoms with van der Waals surface area (Å²) in [6.45, 7) is 0. The van der Waals surface area contributed by atoms with E-state index in [1.165, 1.54) is 24.3 Å². The number of hydrazine groups is 1. The third-order valence-corrected chi connectivity index (χ3v) is 2.40. The number of aromatic nitrogens is 2. The van der Waals surface area contributed by atoms with Gasteiger partial charge in [-0.05, 0) is 18.2 Å². The topological polar surface area (TPSA) is 102 Å². The average Bonchev–Trinajstić information content (AvgIpc) is 2.32. The lowest BCUT2D eigenvalue weighted by atomic mass is 10.3. The van der Waals surface area contributed by atoms with Crippen LogP contribution in [0.5, 0.6) is 0 Å². The minimum Gasteiger partial charge on any atom is -0.368 e. The number of nitrogens with two attached hydrogens (primary N) is 2. The van der Waals surface area contributed by atoms with Crippen molar-refractivity contribution in [3.63, 3.8) is 0 Å². The van der Waals surface area contributed by atoms with Crippen LogP contribution in [-0.4, -0.2) is 9.97 Å². The second kappa shape index (κ2) is 5.03. The Morgan fingerprint density at radius 2 is 1.89 bits per heavy atom. The number of hydrogen-bond acceptors (Lipinski definition) is 6. The second-order valence-electron chi connectivity index (χ2n) is 3.39. The lowest BCUT2D eigenvalue weighted by molar-refractivity contribution is 0.628. The molecule has 0 radical (unpaired) electrons. The van der Waals surface area contributed by atoms with E-state index in [2.05, 4.69) is 20.7 Å². The molecule has 0 amide bonds. The molecule has 1 aromatic carbocycles. The Labute approximate surface area is 107 Å². The standard InChI is InChI=1S/C10H10ClFN6/c11-6-3-5(12)1-2-7(6)15-8-4-9(18-14)17-10(13)16-8/h1-4H,14H2,(H4,13,15,16,17,18). The van der Waals surface area contributed by atoms with Gasteiger partial charge in [-0.25, -0.2) is 10.2 Å². The zero-order valence-electron chi connectivity index (χ0n) is 9.11. The highest BCUT2D eigenvalue weighted by atomic mass is 35.5. The third-order valence-electron chi connectivity index (χ3n) is 2.09. The predicted octanol–water partition coefficient (Wildman–Crippen LogP) is 1.88. The van der Waals surface area contributed by atoms with Crippen molar-refractivity contribution in [2.24, 2.45) is 5.84 Å². The Morgan fingerprint density at radius 1 is 1.17 bits per heavy atom. The summed E-state index contributed by atoms with van der Waals surface area (Å²) in [5.41, 5.74) is 8.35. The molecule has 6 nitrogen and oxygen atoms in total. The van der Waals surface area contributed by atoms with Crippen LogP contribution >= 0.6 is 11.6 Å². The van der Waals surface area contributed by atoms with Gasteiger partial charge in [0.2, 0.25) is 5.95 Å². The van der Waals surface area contributed by atoms with Gasteiger partial charge in [0.05, 0.1) is 10.7 Å². The highest BCUT2D eigenvalue weighted by Crippen LogP contribution is 2.26. The largest absolute Gasteiger partial charge is 0.368 e. The molecule has 0 aliphatic heterocycles. The van der Waals surface area contributed by atoms with Crippen molar-refractivity contribution < 1.29 is 4.39 Å². The van der Waals surface area contributed by atoms with Crippen molar-refractivity contribution in [1.29, 1.82) is 0 Å². The highest BCUT2D eigenvalue weighted by Gasteiger charge is 2.05. The predicted molar refractivity (Wildman–Crippen MR) is 68.9 cm³/mol. The van der Waals surface area contributed by atoms with Crippen LogP contribution in [0.1, 0.15) is 0 Å². The molecule has 2 rings (SSSR count). The Kier molecular flexibility index (Phi) is 3.45. The van der Waals surface area contributed by atoms with Gasteiger partial charge in [-0.2, -0.15) is 9.97 Å². The number of halogens is 2. The molecule has 1 heterocycles. The van der Waals surface area contributed by atoms with E-state index in [4.69, 9.17) is 23.2 Å². The highest BCUT2D eigenvalue weighted by molar-refractivity contribution is 6.33. The van der Waals surface area contributed by atoms with Crippen LogP contribution in [0.2, 0.25) is 5.02 Å². The van der Waals surface area contributed by atoms with Crippen molar-refractivity contribution in [3.8, 4) is 0 Å². The van der Waals surface area contributed by atoms with Gasteiger partial charge in [0.15, 0.2) is 0 Å². The quantitative estimate of drug-likeness (QED) is 0.501. The van der Waals surface area contributed by atoms with E-state index in [0.717, 1.165) is 0 Å². The van der Waals surface area contributed by atoms with Crippen molar-refractivity contribution in [2.45, 2.75) is 0 Å². The zero-order valence-corrected chi connectivity index (χ0v) is 9.87. The van der Waals surface area contributed by atoms with Gasteiger partial charge in [-0.15, -0.1) is 0 Å². The number of anilines is 4. The Morgan fingerprint density at radius 3 is 2.56 bits per heavy atom. The molecule has 2 aromatic rings. The molecular formula is C10H10ClFN6. The summed E-state index contributed by atoms with van der Waals surface area (Å²) in [7, 11) is 0. The number of nitrogen functional groups attached to an aromatic ring is 2. The maximum Gasteiger partial charge on any atom is 0.223 e. The van der Waals surface area contributed by atoms with E-state index >= 15 is 0 Å². The maximum absolute atomic E-state index is 12.9. The molecule has 0 bridgehead atoms. The molecule has 0 aliphatic rings. The Hall–Kier alpha value is -2.12. The molecule has 0 atom stereocenters. The minimum absolute atomic E-state index is 0.0474. The zero-order chi connectivity index (χ0) is 13.1. The fourth-order valence-corrected chi connectivity index (χ4v) is 1.55. The summed E-state index contributed by atoms with van der Waals surface area (Å²) in [6.07, 6.45) is 0. The minimum atomic E-state index is -0.419. The van der Waals surface area contributed by atoms with Gasteiger partial charge in [0, 0.05) is 6.07 Å². The van der Waals surface area contributed by atoms with E-state index in [9.17, 15) is 4.39 Å². The maximum atomic E-state index is 12.9. The van der Waals surface area contributed by atoms with Crippen LogP contribution in [0.25, 0.3) is 0 Å². The summed E-state index contributed by atoms with van der Waals surface area (Å²) < 4.78 is 12.9. The summed E-state index contributed by atoms with van der Waals surface area (Å²) in [5.74, 6) is 5.60. The molecule has 0 unspecified atom stereocenters. The van der Waals surface area contributed by atoms with Gasteiger partial charge in [0.1, 0.15) is 17.5 Å². The third kappa shape index (κ3) is 2.76. The smallest absolute Gasteiger partial charge is 0.223 e. The van der Waals surface area contributed by atoms with Crippen LogP contribution in [-0.2, 0) is 0 Å². The normalized spacial score (nSPS) is 10.2. The summed E-state index contributed by atoms with van der Waals surface area (Å²) >= 11 is 5.88. The summed E-state index contributed by atoms with van der Waals surface area (Å²) in [6, 6.07) is 5.50. The molecule has 6 N–H and O–H groups in total.